The Morgan fingerprint density at radius 2 is 1.95 bits per heavy atom. The first-order valence-corrected chi connectivity index (χ1v) is 6.95. The van der Waals surface area contributed by atoms with Gasteiger partial charge in [0, 0.05) is 29.1 Å². The molecule has 0 aromatic heterocycles. The molecule has 21 heavy (non-hydrogen) atoms. The first kappa shape index (κ1) is 15.1. The minimum absolute atomic E-state index is 0.163. The number of nitrogens with two attached hydrogens (primary N) is 1. The third kappa shape index (κ3) is 3.61. The highest BCUT2D eigenvalue weighted by molar-refractivity contribution is 6.06. The van der Waals surface area contributed by atoms with Crippen molar-refractivity contribution in [2.75, 3.05) is 17.7 Å². The SMILES string of the molecule is CCOCc1ccccc1NC(=O)c1cccc(N)c1C. The summed E-state index contributed by atoms with van der Waals surface area (Å²) in [6, 6.07) is 13.0. The van der Waals surface area contributed by atoms with Crippen molar-refractivity contribution in [2.24, 2.45) is 0 Å². The fourth-order valence-corrected chi connectivity index (χ4v) is 2.07. The Bertz CT molecular complexity index is 638. The fourth-order valence-electron chi connectivity index (χ4n) is 2.07. The van der Waals surface area contributed by atoms with Crippen LogP contribution < -0.4 is 11.1 Å². The third-order valence-electron chi connectivity index (χ3n) is 3.35. The average molecular weight is 284 g/mol. The first-order valence-electron chi connectivity index (χ1n) is 6.95. The minimum atomic E-state index is -0.163. The predicted molar refractivity (Wildman–Crippen MR) is 85.3 cm³/mol. The summed E-state index contributed by atoms with van der Waals surface area (Å²) in [5.74, 6) is -0.163. The summed E-state index contributed by atoms with van der Waals surface area (Å²) in [6.45, 7) is 4.90. The van der Waals surface area contributed by atoms with Crippen molar-refractivity contribution < 1.29 is 9.53 Å². The molecule has 2 aromatic carbocycles. The average Bonchev–Trinajstić information content (AvgIpc) is 2.49. The van der Waals surface area contributed by atoms with E-state index >= 15 is 0 Å². The van der Waals surface area contributed by atoms with Gasteiger partial charge in [-0.25, -0.2) is 0 Å². The van der Waals surface area contributed by atoms with E-state index in [1.165, 1.54) is 0 Å². The van der Waals surface area contributed by atoms with Gasteiger partial charge in [0.05, 0.1) is 6.61 Å². The molecule has 0 aliphatic rings. The third-order valence-corrected chi connectivity index (χ3v) is 3.35. The molecule has 0 radical (unpaired) electrons. The van der Waals surface area contributed by atoms with Gasteiger partial charge >= 0.3 is 0 Å². The van der Waals surface area contributed by atoms with Crippen molar-refractivity contribution in [2.45, 2.75) is 20.5 Å². The number of rotatable bonds is 5. The number of carbonyl (C=O) groups is 1. The second-order valence-electron chi connectivity index (χ2n) is 4.77. The number of ether oxygens (including phenoxy) is 1. The van der Waals surface area contributed by atoms with Crippen LogP contribution in [-0.4, -0.2) is 12.5 Å². The largest absolute Gasteiger partial charge is 0.398 e. The highest BCUT2D eigenvalue weighted by Gasteiger charge is 2.12. The van der Waals surface area contributed by atoms with Crippen LogP contribution in [0.3, 0.4) is 0 Å². The number of nitrogen functional groups attached to an aromatic ring is 1. The lowest BCUT2D eigenvalue weighted by molar-refractivity contribution is 0.102. The molecule has 0 saturated carbocycles. The standard InChI is InChI=1S/C17H20N2O2/c1-3-21-11-13-7-4-5-10-16(13)19-17(20)14-8-6-9-15(18)12(14)2/h4-10H,3,11,18H2,1-2H3,(H,19,20). The summed E-state index contributed by atoms with van der Waals surface area (Å²) in [4.78, 5) is 12.4. The molecule has 1 amide bonds. The van der Waals surface area contributed by atoms with Gasteiger partial charge in [0.25, 0.3) is 5.91 Å². The summed E-state index contributed by atoms with van der Waals surface area (Å²) in [5.41, 5.74) is 9.55. The molecule has 0 heterocycles. The molecule has 4 nitrogen and oxygen atoms in total. The summed E-state index contributed by atoms with van der Waals surface area (Å²) in [5, 5.41) is 2.93. The van der Waals surface area contributed by atoms with Gasteiger partial charge in [0.2, 0.25) is 0 Å². The van der Waals surface area contributed by atoms with Gasteiger partial charge in [0.1, 0.15) is 0 Å². The second kappa shape index (κ2) is 6.90. The Morgan fingerprint density at radius 1 is 1.19 bits per heavy atom. The van der Waals surface area contributed by atoms with E-state index in [1.54, 1.807) is 18.2 Å². The van der Waals surface area contributed by atoms with Gasteiger partial charge in [-0.15, -0.1) is 0 Å². The van der Waals surface area contributed by atoms with Gasteiger partial charge in [-0.05, 0) is 37.6 Å². The predicted octanol–water partition coefficient (Wildman–Crippen LogP) is 3.37. The quantitative estimate of drug-likeness (QED) is 0.827. The maximum Gasteiger partial charge on any atom is 0.256 e. The van der Waals surface area contributed by atoms with Crippen molar-refractivity contribution >= 4 is 17.3 Å². The Hall–Kier alpha value is -2.33. The van der Waals surface area contributed by atoms with E-state index in [9.17, 15) is 4.79 Å². The molecule has 0 aliphatic heterocycles. The number of para-hydroxylation sites is 1. The van der Waals surface area contributed by atoms with E-state index in [4.69, 9.17) is 10.5 Å². The molecule has 4 heteroatoms. The molecule has 110 valence electrons. The molecule has 0 atom stereocenters. The lowest BCUT2D eigenvalue weighted by Gasteiger charge is -2.13. The van der Waals surface area contributed by atoms with Crippen LogP contribution in [0.15, 0.2) is 42.5 Å². The molecule has 0 saturated heterocycles. The Balaban J connectivity index is 2.22. The molecule has 0 fully saturated rings. The molecule has 3 N–H and O–H groups in total. The van der Waals surface area contributed by atoms with Gasteiger partial charge in [0.15, 0.2) is 0 Å². The van der Waals surface area contributed by atoms with Gasteiger partial charge in [-0.3, -0.25) is 4.79 Å². The van der Waals surface area contributed by atoms with Gasteiger partial charge < -0.3 is 15.8 Å². The van der Waals surface area contributed by atoms with Gasteiger partial charge in [-0.2, -0.15) is 0 Å². The number of carbonyl (C=O) groups excluding carboxylic acids is 1. The van der Waals surface area contributed by atoms with E-state index in [2.05, 4.69) is 5.32 Å². The molecule has 2 aromatic rings. The minimum Gasteiger partial charge on any atom is -0.398 e. The summed E-state index contributed by atoms with van der Waals surface area (Å²) < 4.78 is 5.42. The van der Waals surface area contributed by atoms with Crippen molar-refractivity contribution in [1.29, 1.82) is 0 Å². The zero-order valence-corrected chi connectivity index (χ0v) is 12.3. The van der Waals surface area contributed by atoms with E-state index in [-0.39, 0.29) is 5.91 Å². The smallest absolute Gasteiger partial charge is 0.256 e. The normalized spacial score (nSPS) is 10.4. The molecule has 0 aliphatic carbocycles. The Labute approximate surface area is 124 Å². The molecule has 0 bridgehead atoms. The number of hydrogen-bond donors (Lipinski definition) is 2. The van der Waals surface area contributed by atoms with E-state index < -0.39 is 0 Å². The van der Waals surface area contributed by atoms with Crippen molar-refractivity contribution in [3.63, 3.8) is 0 Å². The number of amides is 1. The summed E-state index contributed by atoms with van der Waals surface area (Å²) in [7, 11) is 0. The lowest BCUT2D eigenvalue weighted by atomic mass is 10.1. The number of hydrogen-bond acceptors (Lipinski definition) is 3. The molecule has 2 rings (SSSR count). The maximum atomic E-state index is 12.4. The number of nitrogens with one attached hydrogen (secondary N) is 1. The first-order chi connectivity index (χ1) is 10.1. The molecule has 0 spiro atoms. The second-order valence-corrected chi connectivity index (χ2v) is 4.77. The van der Waals surface area contributed by atoms with Crippen LogP contribution in [0.4, 0.5) is 11.4 Å². The number of anilines is 2. The topological polar surface area (TPSA) is 64.3 Å². The van der Waals surface area contributed by atoms with Crippen LogP contribution in [0, 0.1) is 6.92 Å². The van der Waals surface area contributed by atoms with E-state index in [0.717, 1.165) is 16.8 Å². The van der Waals surface area contributed by atoms with Crippen molar-refractivity contribution in [1.82, 2.24) is 0 Å². The molecular weight excluding hydrogens is 264 g/mol. The van der Waals surface area contributed by atoms with Crippen LogP contribution in [-0.2, 0) is 11.3 Å². The molecular formula is C17H20N2O2. The number of benzene rings is 2. The van der Waals surface area contributed by atoms with Crippen LogP contribution >= 0.6 is 0 Å². The molecule has 0 unspecified atom stereocenters. The van der Waals surface area contributed by atoms with Crippen LogP contribution in [0.2, 0.25) is 0 Å². The van der Waals surface area contributed by atoms with Crippen LogP contribution in [0.25, 0.3) is 0 Å². The monoisotopic (exact) mass is 284 g/mol. The Morgan fingerprint density at radius 3 is 2.71 bits per heavy atom. The van der Waals surface area contributed by atoms with Gasteiger partial charge in [-0.1, -0.05) is 24.3 Å². The van der Waals surface area contributed by atoms with Crippen LogP contribution in [0.5, 0.6) is 0 Å². The summed E-state index contributed by atoms with van der Waals surface area (Å²) in [6.07, 6.45) is 0. The summed E-state index contributed by atoms with van der Waals surface area (Å²) >= 11 is 0. The van der Waals surface area contributed by atoms with Crippen molar-refractivity contribution in [3.05, 3.63) is 59.2 Å². The van der Waals surface area contributed by atoms with E-state index in [1.807, 2.05) is 38.1 Å². The Kier molecular flexibility index (Phi) is 4.95. The van der Waals surface area contributed by atoms with Crippen LogP contribution in [0.1, 0.15) is 28.4 Å². The lowest BCUT2D eigenvalue weighted by Crippen LogP contribution is -2.15. The fraction of sp³-hybridized carbons (Fsp3) is 0.235. The highest BCUT2D eigenvalue weighted by atomic mass is 16.5. The maximum absolute atomic E-state index is 12.4. The zero-order valence-electron chi connectivity index (χ0n) is 12.3. The van der Waals surface area contributed by atoms with Crippen molar-refractivity contribution in [3.8, 4) is 0 Å². The van der Waals surface area contributed by atoms with E-state index in [0.29, 0.717) is 24.5 Å². The zero-order chi connectivity index (χ0) is 15.2. The highest BCUT2D eigenvalue weighted by Crippen LogP contribution is 2.20.